The highest BCUT2D eigenvalue weighted by molar-refractivity contribution is 6.35. The molecule has 132 valence electrons. The van der Waals surface area contributed by atoms with Gasteiger partial charge in [-0.2, -0.15) is 0 Å². The summed E-state index contributed by atoms with van der Waals surface area (Å²) in [5.74, 6) is -0.0591. The molecule has 0 heterocycles. The van der Waals surface area contributed by atoms with Gasteiger partial charge in [-0.05, 0) is 42.3 Å². The molecule has 25 heavy (non-hydrogen) atoms. The van der Waals surface area contributed by atoms with Gasteiger partial charge < -0.3 is 15.8 Å². The van der Waals surface area contributed by atoms with Gasteiger partial charge in [0.15, 0.2) is 0 Å². The number of ether oxygens (including phenoxy) is 1. The fourth-order valence-corrected chi connectivity index (χ4v) is 2.59. The van der Waals surface area contributed by atoms with E-state index in [0.717, 1.165) is 5.56 Å². The zero-order chi connectivity index (χ0) is 18.2. The Balaban J connectivity index is 1.70. The van der Waals surface area contributed by atoms with Gasteiger partial charge in [0.1, 0.15) is 5.75 Å². The number of benzene rings is 2. The number of hydrogen-bond donors (Lipinski definition) is 2. The van der Waals surface area contributed by atoms with Gasteiger partial charge in [0.25, 0.3) is 0 Å². The van der Waals surface area contributed by atoms with Crippen molar-refractivity contribution in [2.75, 3.05) is 6.61 Å². The molecule has 2 amide bonds. The van der Waals surface area contributed by atoms with Gasteiger partial charge in [-0.3, -0.25) is 9.59 Å². The molecule has 2 aromatic carbocycles. The van der Waals surface area contributed by atoms with Crippen LogP contribution < -0.4 is 15.8 Å². The Labute approximate surface area is 156 Å². The summed E-state index contributed by atoms with van der Waals surface area (Å²) in [5, 5.41) is 3.77. The molecule has 0 spiro atoms. The first-order valence-electron chi connectivity index (χ1n) is 7.69. The number of hydrogen-bond acceptors (Lipinski definition) is 3. The van der Waals surface area contributed by atoms with E-state index in [2.05, 4.69) is 5.32 Å². The Kier molecular flexibility index (Phi) is 7.10. The van der Waals surface area contributed by atoms with E-state index >= 15 is 0 Å². The van der Waals surface area contributed by atoms with Crippen LogP contribution in [-0.2, 0) is 11.3 Å². The number of carbonyl (C=O) groups excluding carboxylic acids is 2. The Morgan fingerprint density at radius 2 is 1.92 bits per heavy atom. The molecule has 0 aliphatic rings. The number of rotatable bonds is 8. The second kappa shape index (κ2) is 9.30. The van der Waals surface area contributed by atoms with E-state index in [-0.39, 0.29) is 5.91 Å². The Hall–Kier alpha value is -2.24. The third-order valence-electron chi connectivity index (χ3n) is 3.40. The summed E-state index contributed by atoms with van der Waals surface area (Å²) in [6.45, 7) is 0.704. The Morgan fingerprint density at radius 1 is 1.12 bits per heavy atom. The van der Waals surface area contributed by atoms with Crippen LogP contribution in [-0.4, -0.2) is 18.4 Å². The lowest BCUT2D eigenvalue weighted by atomic mass is 10.1. The summed E-state index contributed by atoms with van der Waals surface area (Å²) in [6.07, 6.45) is 0.868. The molecular formula is C18H18Cl2N2O3. The van der Waals surface area contributed by atoms with Crippen LogP contribution in [0.3, 0.4) is 0 Å². The molecule has 0 saturated carbocycles. The summed E-state index contributed by atoms with van der Waals surface area (Å²) < 4.78 is 5.53. The molecule has 2 aromatic rings. The molecule has 0 aromatic heterocycles. The lowest BCUT2D eigenvalue weighted by molar-refractivity contribution is -0.121. The normalized spacial score (nSPS) is 10.3. The molecule has 0 unspecified atom stereocenters. The molecular weight excluding hydrogens is 363 g/mol. The summed E-state index contributed by atoms with van der Waals surface area (Å²) in [6, 6.07) is 11.8. The van der Waals surface area contributed by atoms with Gasteiger partial charge in [0, 0.05) is 23.6 Å². The minimum atomic E-state index is -0.494. The topological polar surface area (TPSA) is 81.4 Å². The van der Waals surface area contributed by atoms with Gasteiger partial charge in [-0.25, -0.2) is 0 Å². The number of nitrogens with one attached hydrogen (secondary N) is 1. The zero-order valence-corrected chi connectivity index (χ0v) is 14.9. The van der Waals surface area contributed by atoms with Crippen LogP contribution in [0.1, 0.15) is 28.8 Å². The number of carbonyl (C=O) groups is 2. The standard InChI is InChI=1S/C18H18Cl2N2O3/c19-14-6-7-16(15(20)10-14)25-8-2-5-17(23)22-11-12-3-1-4-13(9-12)18(21)24/h1,3-4,6-7,9-10H,2,5,8,11H2,(H2,21,24)(H,22,23). The van der Waals surface area contributed by atoms with Crippen molar-refractivity contribution in [2.24, 2.45) is 5.73 Å². The van der Waals surface area contributed by atoms with E-state index in [9.17, 15) is 9.59 Å². The maximum Gasteiger partial charge on any atom is 0.248 e. The van der Waals surface area contributed by atoms with Crippen LogP contribution >= 0.6 is 23.2 Å². The Morgan fingerprint density at radius 3 is 2.64 bits per heavy atom. The van der Waals surface area contributed by atoms with Crippen molar-refractivity contribution in [3.05, 3.63) is 63.6 Å². The molecule has 3 N–H and O–H groups in total. The first-order chi connectivity index (χ1) is 12.0. The van der Waals surface area contributed by atoms with E-state index in [1.54, 1.807) is 36.4 Å². The average molecular weight is 381 g/mol. The van der Waals surface area contributed by atoms with Gasteiger partial charge >= 0.3 is 0 Å². The smallest absolute Gasteiger partial charge is 0.248 e. The predicted octanol–water partition coefficient (Wildman–Crippen LogP) is 3.57. The van der Waals surface area contributed by atoms with Crippen molar-refractivity contribution in [1.82, 2.24) is 5.32 Å². The quantitative estimate of drug-likeness (QED) is 0.686. The van der Waals surface area contributed by atoms with E-state index < -0.39 is 5.91 Å². The molecule has 0 aliphatic heterocycles. The summed E-state index contributed by atoms with van der Waals surface area (Å²) >= 11 is 11.8. The third kappa shape index (κ3) is 6.29. The number of nitrogens with two attached hydrogens (primary N) is 1. The van der Waals surface area contributed by atoms with Gasteiger partial charge in [0.05, 0.1) is 11.6 Å². The maximum absolute atomic E-state index is 11.9. The van der Waals surface area contributed by atoms with Crippen LogP contribution in [0.25, 0.3) is 0 Å². The Bertz CT molecular complexity index is 766. The van der Waals surface area contributed by atoms with Crippen LogP contribution in [0, 0.1) is 0 Å². The lowest BCUT2D eigenvalue weighted by Gasteiger charge is -2.09. The van der Waals surface area contributed by atoms with Crippen LogP contribution in [0.5, 0.6) is 5.75 Å². The van der Waals surface area contributed by atoms with Crippen molar-refractivity contribution in [2.45, 2.75) is 19.4 Å². The second-order valence-corrected chi connectivity index (χ2v) is 6.21. The zero-order valence-electron chi connectivity index (χ0n) is 13.4. The largest absolute Gasteiger partial charge is 0.492 e. The van der Waals surface area contributed by atoms with Crippen molar-refractivity contribution in [1.29, 1.82) is 0 Å². The van der Waals surface area contributed by atoms with Gasteiger partial charge in [-0.1, -0.05) is 35.3 Å². The average Bonchev–Trinajstić information content (AvgIpc) is 2.58. The highest BCUT2D eigenvalue weighted by Crippen LogP contribution is 2.27. The molecule has 0 bridgehead atoms. The number of amides is 2. The first kappa shape index (κ1) is 19.1. The SMILES string of the molecule is NC(=O)c1cccc(CNC(=O)CCCOc2ccc(Cl)cc2Cl)c1. The molecule has 0 aliphatic carbocycles. The predicted molar refractivity (Wildman–Crippen MR) is 98.0 cm³/mol. The van der Waals surface area contributed by atoms with Gasteiger partial charge in [-0.15, -0.1) is 0 Å². The summed E-state index contributed by atoms with van der Waals surface area (Å²) in [5.41, 5.74) is 6.46. The number of primary amides is 1. The highest BCUT2D eigenvalue weighted by Gasteiger charge is 2.06. The molecule has 5 nitrogen and oxygen atoms in total. The van der Waals surface area contributed by atoms with Crippen LogP contribution in [0.15, 0.2) is 42.5 Å². The fourth-order valence-electron chi connectivity index (χ4n) is 2.13. The fraction of sp³-hybridized carbons (Fsp3) is 0.222. The molecule has 0 fully saturated rings. The van der Waals surface area contributed by atoms with Crippen molar-refractivity contribution in [3.8, 4) is 5.75 Å². The summed E-state index contributed by atoms with van der Waals surface area (Å²) in [7, 11) is 0. The van der Waals surface area contributed by atoms with Crippen molar-refractivity contribution < 1.29 is 14.3 Å². The van der Waals surface area contributed by atoms with Gasteiger partial charge in [0.2, 0.25) is 11.8 Å². The van der Waals surface area contributed by atoms with E-state index in [0.29, 0.717) is 47.4 Å². The highest BCUT2D eigenvalue weighted by atomic mass is 35.5. The monoisotopic (exact) mass is 380 g/mol. The lowest BCUT2D eigenvalue weighted by Crippen LogP contribution is -2.23. The molecule has 0 atom stereocenters. The van der Waals surface area contributed by atoms with E-state index in [1.165, 1.54) is 0 Å². The first-order valence-corrected chi connectivity index (χ1v) is 8.44. The van der Waals surface area contributed by atoms with Crippen LogP contribution in [0.2, 0.25) is 10.0 Å². The molecule has 0 radical (unpaired) electrons. The van der Waals surface area contributed by atoms with E-state index in [4.69, 9.17) is 33.7 Å². The van der Waals surface area contributed by atoms with Crippen molar-refractivity contribution in [3.63, 3.8) is 0 Å². The third-order valence-corrected chi connectivity index (χ3v) is 3.93. The summed E-state index contributed by atoms with van der Waals surface area (Å²) in [4.78, 5) is 23.0. The second-order valence-electron chi connectivity index (χ2n) is 5.37. The minimum Gasteiger partial charge on any atom is -0.492 e. The van der Waals surface area contributed by atoms with Crippen LogP contribution in [0.4, 0.5) is 0 Å². The molecule has 2 rings (SSSR count). The molecule has 7 heteroatoms. The van der Waals surface area contributed by atoms with Crippen molar-refractivity contribution >= 4 is 35.0 Å². The minimum absolute atomic E-state index is 0.102. The maximum atomic E-state index is 11.9. The van der Waals surface area contributed by atoms with E-state index in [1.807, 2.05) is 6.07 Å². The number of halogens is 2. The molecule has 0 saturated heterocycles.